The van der Waals surface area contributed by atoms with Crippen LogP contribution in [0, 0.1) is 5.92 Å². The number of benzene rings is 1. The zero-order valence-electron chi connectivity index (χ0n) is 8.73. The maximum Gasteiger partial charge on any atom is 0.231 e. The summed E-state index contributed by atoms with van der Waals surface area (Å²) < 4.78 is 16.0. The van der Waals surface area contributed by atoms with Gasteiger partial charge in [0.05, 0.1) is 6.61 Å². The Morgan fingerprint density at radius 1 is 1.40 bits per heavy atom. The molecule has 0 amide bonds. The van der Waals surface area contributed by atoms with Crippen LogP contribution in [0.5, 0.6) is 17.2 Å². The predicted molar refractivity (Wildman–Crippen MR) is 56.3 cm³/mol. The molecule has 1 atom stereocenters. The van der Waals surface area contributed by atoms with Gasteiger partial charge in [-0.3, -0.25) is 0 Å². The topological polar surface area (TPSA) is 53.7 Å². The molecule has 0 fully saturated rings. The van der Waals surface area contributed by atoms with Crippen LogP contribution >= 0.6 is 0 Å². The number of hydrogen-bond donors (Lipinski definition) is 1. The quantitative estimate of drug-likeness (QED) is 0.814. The second-order valence-electron chi connectivity index (χ2n) is 3.67. The Bertz CT molecular complexity index is 341. The first kappa shape index (κ1) is 10.1. The van der Waals surface area contributed by atoms with Crippen LogP contribution in [0.3, 0.4) is 0 Å². The molecule has 1 aliphatic rings. The largest absolute Gasteiger partial charge is 0.493 e. The summed E-state index contributed by atoms with van der Waals surface area (Å²) in [7, 11) is 0. The van der Waals surface area contributed by atoms with E-state index in [9.17, 15) is 0 Å². The molecule has 0 saturated carbocycles. The molecule has 1 aromatic rings. The van der Waals surface area contributed by atoms with Crippen molar-refractivity contribution in [3.63, 3.8) is 0 Å². The van der Waals surface area contributed by atoms with Gasteiger partial charge in [0.25, 0.3) is 0 Å². The van der Waals surface area contributed by atoms with E-state index >= 15 is 0 Å². The highest BCUT2D eigenvalue weighted by molar-refractivity contribution is 5.46. The van der Waals surface area contributed by atoms with Gasteiger partial charge in [0.2, 0.25) is 6.79 Å². The molecule has 4 heteroatoms. The summed E-state index contributed by atoms with van der Waals surface area (Å²) in [6.07, 6.45) is 0. The molecule has 1 unspecified atom stereocenters. The van der Waals surface area contributed by atoms with Crippen molar-refractivity contribution in [1.82, 2.24) is 0 Å². The number of hydrogen-bond acceptors (Lipinski definition) is 4. The maximum atomic E-state index is 5.57. The van der Waals surface area contributed by atoms with E-state index in [0.717, 1.165) is 17.2 Å². The average Bonchev–Trinajstić information content (AvgIpc) is 2.72. The summed E-state index contributed by atoms with van der Waals surface area (Å²) in [6, 6.07) is 5.56. The van der Waals surface area contributed by atoms with Gasteiger partial charge >= 0.3 is 0 Å². The zero-order chi connectivity index (χ0) is 10.7. The van der Waals surface area contributed by atoms with Gasteiger partial charge in [-0.15, -0.1) is 0 Å². The molecule has 0 aliphatic carbocycles. The Hall–Kier alpha value is -1.42. The van der Waals surface area contributed by atoms with Crippen molar-refractivity contribution in [3.05, 3.63) is 18.2 Å². The van der Waals surface area contributed by atoms with E-state index < -0.39 is 0 Å². The summed E-state index contributed by atoms with van der Waals surface area (Å²) in [4.78, 5) is 0. The summed E-state index contributed by atoms with van der Waals surface area (Å²) >= 11 is 0. The molecular weight excluding hydrogens is 194 g/mol. The van der Waals surface area contributed by atoms with Crippen LogP contribution in [-0.2, 0) is 0 Å². The molecule has 1 aliphatic heterocycles. The molecular formula is C11H15NO3. The molecule has 1 aromatic carbocycles. The van der Waals surface area contributed by atoms with Crippen molar-refractivity contribution < 1.29 is 14.2 Å². The maximum absolute atomic E-state index is 5.57. The Kier molecular flexibility index (Phi) is 2.97. The highest BCUT2D eigenvalue weighted by Gasteiger charge is 2.13. The minimum atomic E-state index is 0.290. The van der Waals surface area contributed by atoms with Crippen molar-refractivity contribution in [1.29, 1.82) is 0 Å². The molecule has 15 heavy (non-hydrogen) atoms. The summed E-state index contributed by atoms with van der Waals surface area (Å²) in [5, 5.41) is 0. The van der Waals surface area contributed by atoms with Crippen molar-refractivity contribution in [3.8, 4) is 17.2 Å². The van der Waals surface area contributed by atoms with Crippen LogP contribution in [0.2, 0.25) is 0 Å². The summed E-state index contributed by atoms with van der Waals surface area (Å²) in [6.45, 7) is 3.59. The molecule has 2 rings (SSSR count). The lowest BCUT2D eigenvalue weighted by Gasteiger charge is -2.10. The number of rotatable bonds is 4. The number of fused-ring (bicyclic) bond motifs is 1. The molecule has 0 aromatic heterocycles. The minimum absolute atomic E-state index is 0.290. The first-order valence-corrected chi connectivity index (χ1v) is 5.02. The Morgan fingerprint density at radius 2 is 2.20 bits per heavy atom. The number of ether oxygens (including phenoxy) is 3. The highest BCUT2D eigenvalue weighted by atomic mass is 16.7. The third kappa shape index (κ3) is 2.33. The first-order chi connectivity index (χ1) is 7.29. The van der Waals surface area contributed by atoms with Crippen molar-refractivity contribution in [2.24, 2.45) is 11.7 Å². The molecule has 0 radical (unpaired) electrons. The van der Waals surface area contributed by atoms with E-state index in [1.165, 1.54) is 0 Å². The zero-order valence-corrected chi connectivity index (χ0v) is 8.73. The molecule has 2 N–H and O–H groups in total. The van der Waals surface area contributed by atoms with Gasteiger partial charge in [0, 0.05) is 12.0 Å². The molecule has 0 saturated heterocycles. The molecule has 1 heterocycles. The molecule has 0 bridgehead atoms. The van der Waals surface area contributed by atoms with E-state index in [4.69, 9.17) is 19.9 Å². The van der Waals surface area contributed by atoms with Gasteiger partial charge in [-0.1, -0.05) is 6.92 Å². The Balaban J connectivity index is 1.98. The lowest BCUT2D eigenvalue weighted by atomic mass is 10.2. The van der Waals surface area contributed by atoms with Gasteiger partial charge in [0.1, 0.15) is 5.75 Å². The monoisotopic (exact) mass is 209 g/mol. The minimum Gasteiger partial charge on any atom is -0.493 e. The van der Waals surface area contributed by atoms with Gasteiger partial charge in [-0.2, -0.15) is 0 Å². The normalized spacial score (nSPS) is 15.1. The summed E-state index contributed by atoms with van der Waals surface area (Å²) in [5.41, 5.74) is 5.50. The smallest absolute Gasteiger partial charge is 0.231 e. The fourth-order valence-electron chi connectivity index (χ4n) is 1.27. The Morgan fingerprint density at radius 3 is 3.00 bits per heavy atom. The average molecular weight is 209 g/mol. The molecule has 4 nitrogen and oxygen atoms in total. The van der Waals surface area contributed by atoms with E-state index in [1.54, 1.807) is 0 Å². The van der Waals surface area contributed by atoms with Gasteiger partial charge in [-0.25, -0.2) is 0 Å². The lowest BCUT2D eigenvalue weighted by molar-refractivity contribution is 0.173. The van der Waals surface area contributed by atoms with Crippen LogP contribution in [0.25, 0.3) is 0 Å². The SMILES string of the molecule is CC(CN)COc1ccc2c(c1)OCO2. The highest BCUT2D eigenvalue weighted by Crippen LogP contribution is 2.35. The van der Waals surface area contributed by atoms with Crippen molar-refractivity contribution in [2.45, 2.75) is 6.92 Å². The Labute approximate surface area is 88.9 Å². The summed E-state index contributed by atoms with van der Waals surface area (Å²) in [5.74, 6) is 2.66. The lowest BCUT2D eigenvalue weighted by Crippen LogP contribution is -2.18. The molecule has 82 valence electrons. The fourth-order valence-corrected chi connectivity index (χ4v) is 1.27. The van der Waals surface area contributed by atoms with Crippen LogP contribution < -0.4 is 19.9 Å². The third-order valence-electron chi connectivity index (χ3n) is 2.28. The van der Waals surface area contributed by atoms with E-state index in [2.05, 4.69) is 0 Å². The van der Waals surface area contributed by atoms with Crippen LogP contribution in [0.1, 0.15) is 6.92 Å². The first-order valence-electron chi connectivity index (χ1n) is 5.02. The van der Waals surface area contributed by atoms with Crippen molar-refractivity contribution >= 4 is 0 Å². The van der Waals surface area contributed by atoms with Crippen molar-refractivity contribution in [2.75, 3.05) is 19.9 Å². The standard InChI is InChI=1S/C11H15NO3/c1-8(5-12)6-13-9-2-3-10-11(4-9)15-7-14-10/h2-4,8H,5-7,12H2,1H3. The van der Waals surface area contributed by atoms with Crippen LogP contribution in [0.4, 0.5) is 0 Å². The second kappa shape index (κ2) is 4.40. The van der Waals surface area contributed by atoms with Gasteiger partial charge in [-0.05, 0) is 18.7 Å². The van der Waals surface area contributed by atoms with E-state index in [-0.39, 0.29) is 6.79 Å². The molecule has 0 spiro atoms. The van der Waals surface area contributed by atoms with E-state index in [0.29, 0.717) is 19.1 Å². The van der Waals surface area contributed by atoms with Crippen LogP contribution in [0.15, 0.2) is 18.2 Å². The van der Waals surface area contributed by atoms with Gasteiger partial charge < -0.3 is 19.9 Å². The van der Waals surface area contributed by atoms with Crippen LogP contribution in [-0.4, -0.2) is 19.9 Å². The second-order valence-corrected chi connectivity index (χ2v) is 3.67. The number of nitrogens with two attached hydrogens (primary N) is 1. The van der Waals surface area contributed by atoms with E-state index in [1.807, 2.05) is 25.1 Å². The third-order valence-corrected chi connectivity index (χ3v) is 2.28. The fraction of sp³-hybridized carbons (Fsp3) is 0.455. The van der Waals surface area contributed by atoms with Gasteiger partial charge in [0.15, 0.2) is 11.5 Å². The predicted octanol–water partition coefficient (Wildman–Crippen LogP) is 1.39.